The number of aromatic nitrogens is 2. The molecule has 0 radical (unpaired) electrons. The third-order valence-electron chi connectivity index (χ3n) is 4.11. The summed E-state index contributed by atoms with van der Waals surface area (Å²) in [6, 6.07) is 5.47. The Labute approximate surface area is 178 Å². The minimum Gasteiger partial charge on any atom is -0.394 e. The van der Waals surface area contributed by atoms with E-state index < -0.39 is 11.4 Å². The van der Waals surface area contributed by atoms with Crippen molar-refractivity contribution in [1.29, 1.82) is 5.26 Å². The number of hydrogen-bond donors (Lipinski definition) is 4. The van der Waals surface area contributed by atoms with Crippen molar-refractivity contribution in [2.75, 3.05) is 23.8 Å². The Morgan fingerprint density at radius 1 is 1.43 bits per heavy atom. The van der Waals surface area contributed by atoms with Crippen LogP contribution in [0, 0.1) is 11.3 Å². The van der Waals surface area contributed by atoms with E-state index in [-0.39, 0.29) is 22.4 Å². The molecule has 0 bridgehead atoms. The van der Waals surface area contributed by atoms with Crippen LogP contribution >= 0.6 is 11.3 Å². The molecule has 0 aliphatic heterocycles. The van der Waals surface area contributed by atoms with E-state index in [0.717, 1.165) is 23.6 Å². The fourth-order valence-corrected chi connectivity index (χ4v) is 3.63. The van der Waals surface area contributed by atoms with Crippen LogP contribution in [0.5, 0.6) is 0 Å². The van der Waals surface area contributed by atoms with Crippen molar-refractivity contribution in [2.24, 2.45) is 0 Å². The fraction of sp³-hybridized carbons (Fsp3) is 0.400. The Bertz CT molecular complexity index is 1130. The van der Waals surface area contributed by atoms with Crippen LogP contribution in [-0.2, 0) is 11.3 Å². The van der Waals surface area contributed by atoms with Gasteiger partial charge in [0.2, 0.25) is 0 Å². The molecule has 160 valence electrons. The number of aliphatic hydroxyl groups is 1. The average molecular weight is 431 g/mol. The Hall–Kier alpha value is -3.16. The molecule has 0 saturated heterocycles. The quantitative estimate of drug-likeness (QED) is 0.469. The second-order valence-corrected chi connectivity index (χ2v) is 8.08. The normalized spacial score (nSPS) is 12.9. The minimum absolute atomic E-state index is 0.168. The van der Waals surface area contributed by atoms with Crippen molar-refractivity contribution < 1.29 is 9.90 Å². The van der Waals surface area contributed by atoms with E-state index >= 15 is 0 Å². The number of thiazole rings is 1. The number of nitrogens with one attached hydrogen (secondary N) is 3. The zero-order valence-corrected chi connectivity index (χ0v) is 18.3. The predicted octanol–water partition coefficient (Wildman–Crippen LogP) is 0.168. The number of pyridine rings is 1. The van der Waals surface area contributed by atoms with Crippen LogP contribution in [0.1, 0.15) is 27.7 Å². The molecule has 9 nitrogen and oxygen atoms in total. The first-order chi connectivity index (χ1) is 14.3. The van der Waals surface area contributed by atoms with E-state index in [9.17, 15) is 20.0 Å². The molecule has 0 aliphatic carbocycles. The van der Waals surface area contributed by atoms with Crippen LogP contribution in [0.25, 0.3) is 11.8 Å². The highest BCUT2D eigenvalue weighted by molar-refractivity contribution is 7.07. The van der Waals surface area contributed by atoms with Gasteiger partial charge in [-0.1, -0.05) is 0 Å². The summed E-state index contributed by atoms with van der Waals surface area (Å²) in [5.41, 5.74) is -0.618. The summed E-state index contributed by atoms with van der Waals surface area (Å²) in [6.07, 6.45) is 3.20. The number of anilines is 2. The van der Waals surface area contributed by atoms with Gasteiger partial charge < -0.3 is 21.1 Å². The first kappa shape index (κ1) is 23.1. The monoisotopic (exact) mass is 430 g/mol. The molecule has 1 amide bonds. The first-order valence-corrected chi connectivity index (χ1v) is 10.3. The molecule has 2 aromatic heterocycles. The summed E-state index contributed by atoms with van der Waals surface area (Å²) in [6.45, 7) is 7.77. The average Bonchev–Trinajstić information content (AvgIpc) is 3.02. The molecule has 4 N–H and O–H groups in total. The van der Waals surface area contributed by atoms with Gasteiger partial charge in [0.25, 0.3) is 11.5 Å². The van der Waals surface area contributed by atoms with Gasteiger partial charge in [0, 0.05) is 37.2 Å². The van der Waals surface area contributed by atoms with E-state index in [1.807, 2.05) is 19.1 Å². The summed E-state index contributed by atoms with van der Waals surface area (Å²) in [5, 5.41) is 27.7. The van der Waals surface area contributed by atoms with Gasteiger partial charge >= 0.3 is 0 Å². The van der Waals surface area contributed by atoms with Crippen LogP contribution in [0.15, 0.2) is 23.1 Å². The Morgan fingerprint density at radius 3 is 2.77 bits per heavy atom. The van der Waals surface area contributed by atoms with Crippen molar-refractivity contribution in [2.45, 2.75) is 39.8 Å². The number of nitrogens with zero attached hydrogens (tertiary/aromatic N) is 3. The maximum atomic E-state index is 12.8. The summed E-state index contributed by atoms with van der Waals surface area (Å²) >= 11 is 1.06. The lowest BCUT2D eigenvalue weighted by molar-refractivity contribution is -0.117. The molecule has 0 atom stereocenters. The number of aliphatic hydroxyl groups excluding tert-OH is 1. The number of hydrogen-bond acceptors (Lipinski definition) is 8. The highest BCUT2D eigenvalue weighted by Crippen LogP contribution is 2.11. The van der Waals surface area contributed by atoms with Crippen molar-refractivity contribution in [3.63, 3.8) is 0 Å². The molecule has 2 aromatic rings. The summed E-state index contributed by atoms with van der Waals surface area (Å²) in [4.78, 5) is 29.6. The smallest absolute Gasteiger partial charge is 0.270 e. The lowest BCUT2D eigenvalue weighted by Gasteiger charge is -2.22. The third-order valence-corrected chi connectivity index (χ3v) is 5.24. The first-order valence-electron chi connectivity index (χ1n) is 9.50. The zero-order valence-electron chi connectivity index (χ0n) is 17.4. The maximum absolute atomic E-state index is 12.8. The lowest BCUT2D eigenvalue weighted by Crippen LogP contribution is -2.47. The second-order valence-electron chi connectivity index (χ2n) is 7.05. The minimum atomic E-state index is -0.893. The number of rotatable bonds is 8. The van der Waals surface area contributed by atoms with Gasteiger partial charge in [0.15, 0.2) is 5.57 Å². The number of nitriles is 1. The Kier molecular flexibility index (Phi) is 7.74. The molecule has 30 heavy (non-hydrogen) atoms. The highest BCUT2D eigenvalue weighted by Gasteiger charge is 2.23. The standard InChI is InChI=1S/C20H26N6O3S/c1-5-22-16-9-13(7-8-23-16)24-11-15-18(29)26(6-2)19(30-15)14(10-21)17(28)25-20(3,4)12-27/h7-9,11,27H,5-6,12H2,1-4H3,(H,25,28)(H2,22,23,24)/b15-11+,19-14-. The molecule has 0 aliphatic rings. The van der Waals surface area contributed by atoms with Crippen LogP contribution in [0.3, 0.4) is 0 Å². The van der Waals surface area contributed by atoms with Gasteiger partial charge in [-0.3, -0.25) is 14.2 Å². The molecular formula is C20H26N6O3S. The van der Waals surface area contributed by atoms with E-state index in [0.29, 0.717) is 16.9 Å². The maximum Gasteiger partial charge on any atom is 0.270 e. The van der Waals surface area contributed by atoms with Gasteiger partial charge in [-0.15, -0.1) is 11.3 Å². The molecular weight excluding hydrogens is 404 g/mol. The van der Waals surface area contributed by atoms with Gasteiger partial charge in [0.1, 0.15) is 21.1 Å². The number of amides is 1. The predicted molar refractivity (Wildman–Crippen MR) is 118 cm³/mol. The molecule has 0 unspecified atom stereocenters. The van der Waals surface area contributed by atoms with Gasteiger partial charge in [0.05, 0.1) is 12.1 Å². The van der Waals surface area contributed by atoms with E-state index in [4.69, 9.17) is 0 Å². The van der Waals surface area contributed by atoms with Crippen molar-refractivity contribution >= 4 is 40.5 Å². The van der Waals surface area contributed by atoms with E-state index in [2.05, 4.69) is 20.9 Å². The number of carbonyl (C=O) groups is 1. The highest BCUT2D eigenvalue weighted by atomic mass is 32.1. The summed E-state index contributed by atoms with van der Waals surface area (Å²) in [7, 11) is 0. The topological polar surface area (TPSA) is 132 Å². The van der Waals surface area contributed by atoms with Crippen LogP contribution in [0.4, 0.5) is 11.5 Å². The fourth-order valence-electron chi connectivity index (χ4n) is 2.54. The largest absolute Gasteiger partial charge is 0.394 e. The molecule has 2 rings (SSSR count). The Morgan fingerprint density at radius 2 is 2.17 bits per heavy atom. The SMILES string of the molecule is CCNc1cc(N/C=c2/s/c(=C(/C#N)C(=O)NC(C)(C)CO)n(CC)c2=O)ccn1. The summed E-state index contributed by atoms with van der Waals surface area (Å²) in [5.74, 6) is 0.0703. The molecule has 0 aromatic carbocycles. The van der Waals surface area contributed by atoms with E-state index in [1.165, 1.54) is 4.57 Å². The van der Waals surface area contributed by atoms with Crippen molar-refractivity contribution in [3.8, 4) is 6.07 Å². The van der Waals surface area contributed by atoms with E-state index in [1.54, 1.807) is 39.2 Å². The molecule has 0 saturated carbocycles. The third kappa shape index (κ3) is 5.46. The summed E-state index contributed by atoms with van der Waals surface area (Å²) < 4.78 is 2.02. The van der Waals surface area contributed by atoms with Gasteiger partial charge in [-0.05, 0) is 33.8 Å². The van der Waals surface area contributed by atoms with Crippen LogP contribution < -0.4 is 30.7 Å². The molecule has 2 heterocycles. The van der Waals surface area contributed by atoms with Gasteiger partial charge in [-0.2, -0.15) is 5.26 Å². The van der Waals surface area contributed by atoms with Gasteiger partial charge in [-0.25, -0.2) is 4.98 Å². The van der Waals surface area contributed by atoms with Crippen LogP contribution in [-0.4, -0.2) is 39.3 Å². The Balaban J connectivity index is 2.51. The van der Waals surface area contributed by atoms with Crippen molar-refractivity contribution in [1.82, 2.24) is 14.9 Å². The van der Waals surface area contributed by atoms with Crippen molar-refractivity contribution in [3.05, 3.63) is 37.9 Å². The molecule has 0 spiro atoms. The second kappa shape index (κ2) is 10.0. The zero-order chi connectivity index (χ0) is 22.3. The molecule has 10 heteroatoms. The number of carbonyl (C=O) groups excluding carboxylic acids is 1. The van der Waals surface area contributed by atoms with Crippen LogP contribution in [0.2, 0.25) is 0 Å². The molecule has 0 fully saturated rings. The lowest BCUT2D eigenvalue weighted by atomic mass is 10.1.